The number of para-hydroxylation sites is 2. The van der Waals surface area contributed by atoms with E-state index in [2.05, 4.69) is 36.4 Å². The maximum Gasteiger partial charge on any atom is 0.299 e. The van der Waals surface area contributed by atoms with Crippen molar-refractivity contribution in [2.45, 2.75) is 0 Å². The van der Waals surface area contributed by atoms with Crippen molar-refractivity contribution < 1.29 is 13.6 Å². The van der Waals surface area contributed by atoms with E-state index in [1.54, 1.807) is 18.2 Å². The lowest BCUT2D eigenvalue weighted by Gasteiger charge is -2.19. The van der Waals surface area contributed by atoms with Gasteiger partial charge in [0.15, 0.2) is 11.5 Å². The zero-order chi connectivity index (χ0) is 20.9. The molecule has 4 rings (SSSR count). The predicted octanol–water partition coefficient (Wildman–Crippen LogP) is 3.63. The Labute approximate surface area is 173 Å². The van der Waals surface area contributed by atoms with Gasteiger partial charge in [-0.15, -0.1) is 10.2 Å². The average Bonchev–Trinajstić information content (AvgIpc) is 3.26. The van der Waals surface area contributed by atoms with Crippen LogP contribution in [-0.2, 0) is 4.79 Å². The van der Waals surface area contributed by atoms with Crippen molar-refractivity contribution in [3.8, 4) is 0 Å². The molecule has 0 saturated heterocycles. The minimum Gasteiger partial charge on any atom is -0.350 e. The third-order valence-electron chi connectivity index (χ3n) is 3.87. The van der Waals surface area contributed by atoms with Crippen LogP contribution in [0.2, 0.25) is 0 Å². The number of anilines is 3. The maximum atomic E-state index is 14.1. The Balaban J connectivity index is 1.67. The fraction of sp³-hybridized carbons (Fsp3) is 0. The van der Waals surface area contributed by atoms with Crippen LogP contribution in [0.5, 0.6) is 0 Å². The smallest absolute Gasteiger partial charge is 0.299 e. The molecule has 2 aromatic carbocycles. The summed E-state index contributed by atoms with van der Waals surface area (Å²) in [6, 6.07) is 11.9. The van der Waals surface area contributed by atoms with Crippen LogP contribution in [-0.4, -0.2) is 27.7 Å². The lowest BCUT2D eigenvalue weighted by molar-refractivity contribution is -0.111. The summed E-state index contributed by atoms with van der Waals surface area (Å²) in [5.74, 6) is -1.70. The highest BCUT2D eigenvalue weighted by Crippen LogP contribution is 2.20. The molecule has 0 saturated carbocycles. The number of nitrogens with zero attached hydrogens (tertiary/aromatic N) is 4. The Morgan fingerprint density at radius 1 is 0.933 bits per heavy atom. The van der Waals surface area contributed by atoms with Gasteiger partial charge in [0.2, 0.25) is 5.13 Å². The standard InChI is InChI=1S/C19H13F2N7OS/c20-11-5-1-3-7-13(11)23-15-9-16(26-28-19-27-22-10-30-19)18(29)25-17(15)24-14-8-4-2-6-12(14)21/h1-10,23H,(H,27,28)(H,24,25,29). The van der Waals surface area contributed by atoms with Crippen LogP contribution in [0.3, 0.4) is 0 Å². The molecule has 2 heterocycles. The predicted molar refractivity (Wildman–Crippen MR) is 112 cm³/mol. The zero-order valence-electron chi connectivity index (χ0n) is 15.1. The number of hydrogen-bond donors (Lipinski definition) is 3. The van der Waals surface area contributed by atoms with Gasteiger partial charge in [0.25, 0.3) is 5.91 Å². The maximum absolute atomic E-state index is 14.1. The fourth-order valence-corrected chi connectivity index (χ4v) is 2.87. The summed E-state index contributed by atoms with van der Waals surface area (Å²) < 4.78 is 28.2. The Hall–Kier alpha value is -3.99. The second-order valence-corrected chi connectivity index (χ2v) is 6.72. The van der Waals surface area contributed by atoms with Crippen molar-refractivity contribution in [2.24, 2.45) is 10.1 Å². The average molecular weight is 425 g/mol. The molecular weight excluding hydrogens is 412 g/mol. The van der Waals surface area contributed by atoms with E-state index in [4.69, 9.17) is 0 Å². The van der Waals surface area contributed by atoms with E-state index in [0.29, 0.717) is 5.13 Å². The van der Waals surface area contributed by atoms with Crippen molar-refractivity contribution in [3.63, 3.8) is 0 Å². The van der Waals surface area contributed by atoms with Crippen molar-refractivity contribution >= 4 is 45.3 Å². The van der Waals surface area contributed by atoms with E-state index in [0.717, 1.165) is 0 Å². The first-order valence-electron chi connectivity index (χ1n) is 8.58. The number of nitrogens with one attached hydrogen (secondary N) is 3. The van der Waals surface area contributed by atoms with Crippen molar-refractivity contribution in [3.05, 3.63) is 77.4 Å². The molecular formula is C19H13F2N7OS. The lowest BCUT2D eigenvalue weighted by atomic mass is 10.2. The number of carbonyl (C=O) groups excluding carboxylic acids is 1. The summed E-state index contributed by atoms with van der Waals surface area (Å²) in [5, 5.41) is 17.4. The van der Waals surface area contributed by atoms with Crippen molar-refractivity contribution in [1.29, 1.82) is 0 Å². The second-order valence-electron chi connectivity index (χ2n) is 5.89. The van der Waals surface area contributed by atoms with E-state index in [1.807, 2.05) is 0 Å². The molecule has 0 bridgehead atoms. The first kappa shape index (κ1) is 19.3. The largest absolute Gasteiger partial charge is 0.350 e. The Morgan fingerprint density at radius 2 is 1.60 bits per heavy atom. The molecule has 0 unspecified atom stereocenters. The molecule has 1 aliphatic rings. The summed E-state index contributed by atoms with van der Waals surface area (Å²) in [7, 11) is 0. The number of aliphatic imine (C=N–C) groups is 1. The Bertz CT molecular complexity index is 1180. The summed E-state index contributed by atoms with van der Waals surface area (Å²) >= 11 is 1.19. The topological polar surface area (TPSA) is 104 Å². The normalized spacial score (nSPS) is 14.9. The van der Waals surface area contributed by atoms with E-state index >= 15 is 0 Å². The quantitative estimate of drug-likeness (QED) is 0.540. The summed E-state index contributed by atoms with van der Waals surface area (Å²) in [6.07, 6.45) is 1.37. The highest BCUT2D eigenvalue weighted by molar-refractivity contribution is 7.13. The first-order valence-corrected chi connectivity index (χ1v) is 9.46. The molecule has 0 atom stereocenters. The van der Waals surface area contributed by atoms with Gasteiger partial charge in [-0.2, -0.15) is 10.1 Å². The van der Waals surface area contributed by atoms with Gasteiger partial charge >= 0.3 is 0 Å². The minimum atomic E-state index is -0.676. The molecule has 3 N–H and O–H groups in total. The third-order valence-corrected chi connectivity index (χ3v) is 4.47. The molecule has 1 aliphatic heterocycles. The van der Waals surface area contributed by atoms with Crippen molar-refractivity contribution in [2.75, 3.05) is 16.1 Å². The number of amidine groups is 1. The summed E-state index contributed by atoms with van der Waals surface area (Å²) in [4.78, 5) is 16.4. The fourth-order valence-electron chi connectivity index (χ4n) is 2.48. The van der Waals surface area contributed by atoms with E-state index < -0.39 is 17.5 Å². The SMILES string of the molecule is O=C1N=C(Nc2ccccc2F)C(Nc2ccccc2F)=CC1=NNc1nncs1. The van der Waals surface area contributed by atoms with Crippen LogP contribution in [0.1, 0.15) is 0 Å². The molecule has 0 fully saturated rings. The van der Waals surface area contributed by atoms with E-state index in [1.165, 1.54) is 53.3 Å². The van der Waals surface area contributed by atoms with Gasteiger partial charge in [-0.25, -0.2) is 8.78 Å². The van der Waals surface area contributed by atoms with Gasteiger partial charge < -0.3 is 10.6 Å². The monoisotopic (exact) mass is 425 g/mol. The number of hydrazone groups is 1. The van der Waals surface area contributed by atoms with Crippen LogP contribution in [0, 0.1) is 11.6 Å². The molecule has 1 aromatic heterocycles. The lowest BCUT2D eigenvalue weighted by Crippen LogP contribution is -2.30. The molecule has 0 radical (unpaired) electrons. The Kier molecular flexibility index (Phi) is 5.52. The van der Waals surface area contributed by atoms with Gasteiger partial charge in [0.05, 0.1) is 17.1 Å². The number of benzene rings is 2. The summed E-state index contributed by atoms with van der Waals surface area (Å²) in [6.45, 7) is 0. The van der Waals surface area contributed by atoms with Crippen molar-refractivity contribution in [1.82, 2.24) is 10.2 Å². The summed E-state index contributed by atoms with van der Waals surface area (Å²) in [5.41, 5.74) is 4.54. The van der Waals surface area contributed by atoms with Gasteiger partial charge in [0, 0.05) is 0 Å². The highest BCUT2D eigenvalue weighted by Gasteiger charge is 2.23. The minimum absolute atomic E-state index is 0.0169. The number of dihydropyridines is 1. The van der Waals surface area contributed by atoms with Crippen LogP contribution < -0.4 is 16.1 Å². The zero-order valence-corrected chi connectivity index (χ0v) is 16.0. The number of carbonyl (C=O) groups is 1. The molecule has 30 heavy (non-hydrogen) atoms. The van der Waals surface area contributed by atoms with E-state index in [9.17, 15) is 13.6 Å². The highest BCUT2D eigenvalue weighted by atomic mass is 32.1. The van der Waals surface area contributed by atoms with Gasteiger partial charge in [0.1, 0.15) is 17.1 Å². The molecule has 0 spiro atoms. The molecule has 8 nitrogen and oxygen atoms in total. The number of hydrogen-bond acceptors (Lipinski definition) is 8. The van der Waals surface area contributed by atoms with Gasteiger partial charge in [-0.3, -0.25) is 10.2 Å². The van der Waals surface area contributed by atoms with Crippen LogP contribution in [0.15, 0.2) is 75.9 Å². The van der Waals surface area contributed by atoms with Crippen LogP contribution in [0.25, 0.3) is 0 Å². The first-order chi connectivity index (χ1) is 14.6. The van der Waals surface area contributed by atoms with Gasteiger partial charge in [-0.1, -0.05) is 35.6 Å². The molecule has 0 aliphatic carbocycles. The van der Waals surface area contributed by atoms with Gasteiger partial charge in [-0.05, 0) is 30.3 Å². The molecule has 3 aromatic rings. The number of aromatic nitrogens is 2. The second kappa shape index (κ2) is 8.57. The van der Waals surface area contributed by atoms with Crippen LogP contribution >= 0.6 is 11.3 Å². The number of rotatable bonds is 5. The third kappa shape index (κ3) is 4.36. The molecule has 1 amide bonds. The number of amides is 1. The van der Waals surface area contributed by atoms with Crippen LogP contribution in [0.4, 0.5) is 25.3 Å². The molecule has 150 valence electrons. The number of halogens is 2. The molecule has 11 heteroatoms. The Morgan fingerprint density at radius 3 is 2.23 bits per heavy atom. The van der Waals surface area contributed by atoms with E-state index in [-0.39, 0.29) is 28.6 Å².